The van der Waals surface area contributed by atoms with Crippen LogP contribution < -0.4 is 0 Å². The fourth-order valence-electron chi connectivity index (χ4n) is 1.79. The van der Waals surface area contributed by atoms with E-state index >= 15 is 0 Å². The van der Waals surface area contributed by atoms with Crippen LogP contribution in [0.15, 0.2) is 30.3 Å². The second kappa shape index (κ2) is 5.09. The zero-order valence-electron chi connectivity index (χ0n) is 9.00. The Morgan fingerprint density at radius 1 is 1.44 bits per heavy atom. The lowest BCUT2D eigenvalue weighted by Gasteiger charge is -2.15. The van der Waals surface area contributed by atoms with Crippen LogP contribution in [0.4, 0.5) is 0 Å². The average molecular weight is 221 g/mol. The molecule has 1 fully saturated rings. The van der Waals surface area contributed by atoms with Crippen molar-refractivity contribution in [3.63, 3.8) is 0 Å². The van der Waals surface area contributed by atoms with Crippen LogP contribution in [0.2, 0.25) is 0 Å². The third-order valence-corrected chi connectivity index (χ3v) is 2.76. The summed E-state index contributed by atoms with van der Waals surface area (Å²) in [6.07, 6.45) is 0.671. The quantitative estimate of drug-likeness (QED) is 0.837. The number of hydrogen-bond acceptors (Lipinski definition) is 3. The second-order valence-corrected chi connectivity index (χ2v) is 3.97. The van der Waals surface area contributed by atoms with Gasteiger partial charge >= 0.3 is 5.97 Å². The first kappa shape index (κ1) is 11.1. The number of carboxylic acid groups (broad SMARTS) is 1. The zero-order valence-corrected chi connectivity index (χ0v) is 9.00. The number of benzene rings is 1. The molecule has 1 saturated heterocycles. The lowest BCUT2D eigenvalue weighted by atomic mass is 10.1. The maximum atomic E-state index is 10.7. The molecule has 86 valence electrons. The monoisotopic (exact) mass is 221 g/mol. The Morgan fingerprint density at radius 3 is 2.81 bits per heavy atom. The first-order valence-corrected chi connectivity index (χ1v) is 5.40. The Morgan fingerprint density at radius 2 is 2.19 bits per heavy atom. The molecule has 0 aliphatic carbocycles. The Balaban J connectivity index is 1.78. The Hall–Kier alpha value is -1.39. The van der Waals surface area contributed by atoms with Gasteiger partial charge in [-0.25, -0.2) is 0 Å². The topological polar surface area (TPSA) is 49.8 Å². The maximum Gasteiger partial charge on any atom is 0.307 e. The molecule has 1 aromatic rings. The van der Waals surface area contributed by atoms with Gasteiger partial charge < -0.3 is 5.11 Å². The smallest absolute Gasteiger partial charge is 0.307 e. The van der Waals surface area contributed by atoms with E-state index in [1.54, 1.807) is 5.06 Å². The summed E-state index contributed by atoms with van der Waals surface area (Å²) in [6, 6.07) is 9.86. The summed E-state index contributed by atoms with van der Waals surface area (Å²) in [5.74, 6) is -1.01. The highest BCUT2D eigenvalue weighted by Crippen LogP contribution is 2.17. The summed E-state index contributed by atoms with van der Waals surface area (Å²) in [6.45, 7) is 1.69. The number of nitrogens with zero attached hydrogens (tertiary/aromatic N) is 1. The van der Waals surface area contributed by atoms with Gasteiger partial charge in [0, 0.05) is 13.1 Å². The van der Waals surface area contributed by atoms with Crippen molar-refractivity contribution in [1.29, 1.82) is 0 Å². The number of rotatable bonds is 4. The van der Waals surface area contributed by atoms with Gasteiger partial charge in [-0.2, -0.15) is 5.06 Å². The minimum atomic E-state index is -0.731. The molecule has 0 spiro atoms. The molecule has 4 nitrogen and oxygen atoms in total. The van der Waals surface area contributed by atoms with E-state index in [0.29, 0.717) is 26.1 Å². The predicted molar refractivity (Wildman–Crippen MR) is 58.5 cm³/mol. The highest BCUT2D eigenvalue weighted by molar-refractivity contribution is 5.70. The summed E-state index contributed by atoms with van der Waals surface area (Å²) in [4.78, 5) is 16.3. The van der Waals surface area contributed by atoms with Gasteiger partial charge in [-0.15, -0.1) is 0 Å². The van der Waals surface area contributed by atoms with Gasteiger partial charge in [0.25, 0.3) is 0 Å². The van der Waals surface area contributed by atoms with Crippen LogP contribution in [0.25, 0.3) is 0 Å². The molecule has 1 aliphatic rings. The number of hydrogen-bond donors (Lipinski definition) is 1. The zero-order chi connectivity index (χ0) is 11.4. The third-order valence-electron chi connectivity index (χ3n) is 2.76. The fraction of sp³-hybridized carbons (Fsp3) is 0.417. The predicted octanol–water partition coefficient (Wildman–Crippen LogP) is 1.52. The molecule has 4 heteroatoms. The van der Waals surface area contributed by atoms with Gasteiger partial charge in [-0.05, 0) is 12.0 Å². The molecule has 1 aromatic carbocycles. The summed E-state index contributed by atoms with van der Waals surface area (Å²) in [5.41, 5.74) is 1.10. The Labute approximate surface area is 94.4 Å². The van der Waals surface area contributed by atoms with Gasteiger partial charge in [0.15, 0.2) is 0 Å². The molecule has 2 rings (SSSR count). The van der Waals surface area contributed by atoms with Crippen LogP contribution in [-0.4, -0.2) is 29.2 Å². The van der Waals surface area contributed by atoms with Gasteiger partial charge in [-0.3, -0.25) is 9.63 Å². The van der Waals surface area contributed by atoms with Crippen molar-refractivity contribution >= 4 is 5.97 Å². The lowest BCUT2D eigenvalue weighted by Crippen LogP contribution is -2.23. The molecule has 0 bridgehead atoms. The van der Waals surface area contributed by atoms with Crippen molar-refractivity contribution in [3.05, 3.63) is 35.9 Å². The van der Waals surface area contributed by atoms with E-state index in [2.05, 4.69) is 0 Å². The average Bonchev–Trinajstić information content (AvgIpc) is 2.76. The summed E-state index contributed by atoms with van der Waals surface area (Å²) >= 11 is 0. The molecule has 0 saturated carbocycles. The first-order chi connectivity index (χ1) is 7.75. The van der Waals surface area contributed by atoms with Crippen molar-refractivity contribution in [3.8, 4) is 0 Å². The number of aliphatic carboxylic acids is 1. The molecular weight excluding hydrogens is 206 g/mol. The van der Waals surface area contributed by atoms with Gasteiger partial charge in [0.05, 0.1) is 12.5 Å². The second-order valence-electron chi connectivity index (χ2n) is 3.97. The minimum Gasteiger partial charge on any atom is -0.481 e. The van der Waals surface area contributed by atoms with E-state index in [-0.39, 0.29) is 5.92 Å². The minimum absolute atomic E-state index is 0.282. The molecule has 1 N–H and O–H groups in total. The molecule has 1 atom stereocenters. The van der Waals surface area contributed by atoms with Crippen molar-refractivity contribution in [2.45, 2.75) is 13.0 Å². The SMILES string of the molecule is O=C(O)C1CCN(OCc2ccccc2)C1. The van der Waals surface area contributed by atoms with Gasteiger partial charge in [0.1, 0.15) is 0 Å². The van der Waals surface area contributed by atoms with Crippen molar-refractivity contribution < 1.29 is 14.7 Å². The van der Waals surface area contributed by atoms with Crippen LogP contribution in [0.3, 0.4) is 0 Å². The molecular formula is C12H15NO3. The van der Waals surface area contributed by atoms with Crippen LogP contribution in [0.5, 0.6) is 0 Å². The number of hydroxylamine groups is 2. The van der Waals surface area contributed by atoms with E-state index in [1.807, 2.05) is 30.3 Å². The lowest BCUT2D eigenvalue weighted by molar-refractivity contribution is -0.161. The first-order valence-electron chi connectivity index (χ1n) is 5.40. The molecule has 0 radical (unpaired) electrons. The molecule has 1 unspecified atom stereocenters. The van der Waals surface area contributed by atoms with E-state index in [9.17, 15) is 4.79 Å². The van der Waals surface area contributed by atoms with E-state index in [1.165, 1.54) is 0 Å². The standard InChI is InChI=1S/C12H15NO3/c14-12(15)11-6-7-13(8-11)16-9-10-4-2-1-3-5-10/h1-5,11H,6-9H2,(H,14,15). The van der Waals surface area contributed by atoms with Crippen molar-refractivity contribution in [2.75, 3.05) is 13.1 Å². The number of carboxylic acids is 1. The molecule has 1 heterocycles. The molecule has 0 aromatic heterocycles. The highest BCUT2D eigenvalue weighted by atomic mass is 16.7. The van der Waals surface area contributed by atoms with Crippen LogP contribution in [-0.2, 0) is 16.2 Å². The van der Waals surface area contributed by atoms with Crippen LogP contribution in [0, 0.1) is 5.92 Å². The van der Waals surface area contributed by atoms with Crippen LogP contribution >= 0.6 is 0 Å². The van der Waals surface area contributed by atoms with Gasteiger partial charge in [-0.1, -0.05) is 30.3 Å². The largest absolute Gasteiger partial charge is 0.481 e. The highest BCUT2D eigenvalue weighted by Gasteiger charge is 2.28. The van der Waals surface area contributed by atoms with E-state index in [0.717, 1.165) is 5.56 Å². The number of carbonyl (C=O) groups is 1. The van der Waals surface area contributed by atoms with Crippen molar-refractivity contribution in [1.82, 2.24) is 5.06 Å². The van der Waals surface area contributed by atoms with Crippen LogP contribution in [0.1, 0.15) is 12.0 Å². The molecule has 0 amide bonds. The van der Waals surface area contributed by atoms with Gasteiger partial charge in [0.2, 0.25) is 0 Å². The maximum absolute atomic E-state index is 10.7. The Bertz CT molecular complexity index is 353. The molecule has 16 heavy (non-hydrogen) atoms. The summed E-state index contributed by atoms with van der Waals surface area (Å²) in [5, 5.41) is 10.6. The summed E-state index contributed by atoms with van der Waals surface area (Å²) < 4.78 is 0. The fourth-order valence-corrected chi connectivity index (χ4v) is 1.79. The Kier molecular flexibility index (Phi) is 3.54. The van der Waals surface area contributed by atoms with E-state index in [4.69, 9.17) is 9.94 Å². The molecule has 1 aliphatic heterocycles. The van der Waals surface area contributed by atoms with E-state index < -0.39 is 5.97 Å². The summed E-state index contributed by atoms with van der Waals surface area (Å²) in [7, 11) is 0. The third kappa shape index (κ3) is 2.81. The normalized spacial score (nSPS) is 21.1. The van der Waals surface area contributed by atoms with Crippen molar-refractivity contribution in [2.24, 2.45) is 5.92 Å².